The SMILES string of the molecule is COc1ccc(-n2nnc(C(=O)NC(Cn3cnc4ccccc43)c3ccc(F)cc3)c2C)cc1. The van der Waals surface area contributed by atoms with Crippen molar-refractivity contribution in [3.8, 4) is 11.4 Å². The summed E-state index contributed by atoms with van der Waals surface area (Å²) in [6, 6.07) is 20.7. The van der Waals surface area contributed by atoms with Crippen LogP contribution in [0.4, 0.5) is 4.39 Å². The van der Waals surface area contributed by atoms with Crippen LogP contribution >= 0.6 is 0 Å². The smallest absolute Gasteiger partial charge is 0.274 e. The van der Waals surface area contributed by atoms with Crippen LogP contribution in [-0.2, 0) is 6.54 Å². The van der Waals surface area contributed by atoms with E-state index in [2.05, 4.69) is 20.6 Å². The molecule has 5 rings (SSSR count). The molecule has 1 amide bonds. The molecule has 0 spiro atoms. The molecule has 176 valence electrons. The van der Waals surface area contributed by atoms with Crippen molar-refractivity contribution in [3.63, 3.8) is 0 Å². The number of methoxy groups -OCH3 is 1. The van der Waals surface area contributed by atoms with Gasteiger partial charge in [-0.25, -0.2) is 14.1 Å². The Hall–Kier alpha value is -4.53. The zero-order chi connectivity index (χ0) is 24.4. The summed E-state index contributed by atoms with van der Waals surface area (Å²) in [5.41, 5.74) is 4.13. The van der Waals surface area contributed by atoms with E-state index >= 15 is 0 Å². The Morgan fingerprint density at radius 2 is 1.80 bits per heavy atom. The molecule has 8 nitrogen and oxygen atoms in total. The molecule has 0 radical (unpaired) electrons. The van der Waals surface area contributed by atoms with Gasteiger partial charge in [0.25, 0.3) is 5.91 Å². The van der Waals surface area contributed by atoms with E-state index in [1.807, 2.05) is 53.1 Å². The number of carbonyl (C=O) groups is 1. The van der Waals surface area contributed by atoms with Gasteiger partial charge in [0.2, 0.25) is 0 Å². The summed E-state index contributed by atoms with van der Waals surface area (Å²) in [4.78, 5) is 17.7. The Balaban J connectivity index is 1.43. The number of ether oxygens (including phenoxy) is 1. The Morgan fingerprint density at radius 3 is 2.54 bits per heavy atom. The van der Waals surface area contributed by atoms with E-state index in [-0.39, 0.29) is 17.4 Å². The minimum absolute atomic E-state index is 0.211. The van der Waals surface area contributed by atoms with Gasteiger partial charge in [-0.1, -0.05) is 29.5 Å². The third-order valence-corrected chi connectivity index (χ3v) is 5.91. The van der Waals surface area contributed by atoms with Crippen molar-refractivity contribution in [1.82, 2.24) is 29.9 Å². The van der Waals surface area contributed by atoms with Crippen LogP contribution in [0.3, 0.4) is 0 Å². The molecule has 9 heteroatoms. The highest BCUT2D eigenvalue weighted by Crippen LogP contribution is 2.22. The van der Waals surface area contributed by atoms with Crippen molar-refractivity contribution < 1.29 is 13.9 Å². The van der Waals surface area contributed by atoms with Gasteiger partial charge < -0.3 is 14.6 Å². The normalized spacial score (nSPS) is 12.0. The van der Waals surface area contributed by atoms with Gasteiger partial charge in [0, 0.05) is 6.54 Å². The molecule has 0 fully saturated rings. The number of carbonyl (C=O) groups excluding carboxylic acids is 1. The maximum atomic E-state index is 13.6. The monoisotopic (exact) mass is 470 g/mol. The molecule has 0 bridgehead atoms. The number of imidazole rings is 1. The van der Waals surface area contributed by atoms with Gasteiger partial charge in [0.05, 0.1) is 41.9 Å². The van der Waals surface area contributed by atoms with Gasteiger partial charge in [-0.2, -0.15) is 0 Å². The van der Waals surface area contributed by atoms with Crippen LogP contribution < -0.4 is 10.1 Å². The first-order valence-corrected chi connectivity index (χ1v) is 11.1. The second-order valence-corrected chi connectivity index (χ2v) is 8.10. The Morgan fingerprint density at radius 1 is 1.06 bits per heavy atom. The van der Waals surface area contributed by atoms with Crippen molar-refractivity contribution in [1.29, 1.82) is 0 Å². The lowest BCUT2D eigenvalue weighted by molar-refractivity contribution is 0.0927. The molecule has 1 atom stereocenters. The van der Waals surface area contributed by atoms with E-state index in [0.717, 1.165) is 28.0 Å². The first-order valence-electron chi connectivity index (χ1n) is 11.1. The highest BCUT2D eigenvalue weighted by Gasteiger charge is 2.22. The Kier molecular flexibility index (Phi) is 5.97. The summed E-state index contributed by atoms with van der Waals surface area (Å²) >= 11 is 0. The summed E-state index contributed by atoms with van der Waals surface area (Å²) in [5.74, 6) is 0.00449. The van der Waals surface area contributed by atoms with Gasteiger partial charge >= 0.3 is 0 Å². The molecule has 2 heterocycles. The number of nitrogens with one attached hydrogen (secondary N) is 1. The number of aromatic nitrogens is 5. The lowest BCUT2D eigenvalue weighted by Gasteiger charge is -2.20. The first-order chi connectivity index (χ1) is 17.0. The van der Waals surface area contributed by atoms with Crippen LogP contribution in [0.2, 0.25) is 0 Å². The number of amides is 1. The highest BCUT2D eigenvalue weighted by molar-refractivity contribution is 5.93. The minimum atomic E-state index is -0.453. The van der Waals surface area contributed by atoms with Gasteiger partial charge in [0.1, 0.15) is 11.6 Å². The quantitative estimate of drug-likeness (QED) is 0.384. The van der Waals surface area contributed by atoms with Crippen LogP contribution in [-0.4, -0.2) is 37.6 Å². The number of para-hydroxylation sites is 2. The molecule has 5 aromatic rings. The largest absolute Gasteiger partial charge is 0.497 e. The fourth-order valence-electron chi connectivity index (χ4n) is 4.02. The second-order valence-electron chi connectivity index (χ2n) is 8.10. The number of hydrogen-bond donors (Lipinski definition) is 1. The lowest BCUT2D eigenvalue weighted by atomic mass is 10.1. The summed E-state index contributed by atoms with van der Waals surface area (Å²) < 4.78 is 22.4. The Bertz CT molecular complexity index is 1470. The van der Waals surface area contributed by atoms with E-state index in [9.17, 15) is 9.18 Å². The molecule has 0 saturated carbocycles. The zero-order valence-electron chi connectivity index (χ0n) is 19.2. The van der Waals surface area contributed by atoms with Crippen molar-refractivity contribution in [2.75, 3.05) is 7.11 Å². The molecule has 1 unspecified atom stereocenters. The Labute approximate surface area is 201 Å². The van der Waals surface area contributed by atoms with Gasteiger partial charge in [-0.15, -0.1) is 5.10 Å². The van der Waals surface area contributed by atoms with Crippen LogP contribution in [0.25, 0.3) is 16.7 Å². The van der Waals surface area contributed by atoms with E-state index in [1.54, 1.807) is 37.2 Å². The number of fused-ring (bicyclic) bond motifs is 1. The standard InChI is InChI=1S/C26H23FN6O2/c1-17-25(30-31-33(17)20-11-13-21(35-2)14-12-20)26(34)29-23(18-7-9-19(27)10-8-18)15-32-16-28-22-5-3-4-6-24(22)32/h3-14,16,23H,15H2,1-2H3,(H,29,34). The van der Waals surface area contributed by atoms with Gasteiger partial charge in [0.15, 0.2) is 5.69 Å². The average molecular weight is 471 g/mol. The van der Waals surface area contributed by atoms with Gasteiger partial charge in [-0.05, 0) is 61.0 Å². The first kappa shape index (κ1) is 22.3. The van der Waals surface area contributed by atoms with Gasteiger partial charge in [-0.3, -0.25) is 4.79 Å². The fourth-order valence-corrected chi connectivity index (χ4v) is 4.02. The fraction of sp³-hybridized carbons (Fsp3) is 0.154. The van der Waals surface area contributed by atoms with Crippen molar-refractivity contribution in [2.45, 2.75) is 19.5 Å². The average Bonchev–Trinajstić information content (AvgIpc) is 3.47. The molecular weight excluding hydrogens is 447 g/mol. The van der Waals surface area contributed by atoms with Crippen molar-refractivity contribution in [2.24, 2.45) is 0 Å². The molecular formula is C26H23FN6O2. The maximum Gasteiger partial charge on any atom is 0.274 e. The van der Waals surface area contributed by atoms with Crippen molar-refractivity contribution in [3.05, 3.63) is 102 Å². The molecule has 0 aliphatic rings. The molecule has 3 aromatic carbocycles. The molecule has 1 N–H and O–H groups in total. The van der Waals surface area contributed by atoms with Crippen LogP contribution in [0, 0.1) is 12.7 Å². The highest BCUT2D eigenvalue weighted by atomic mass is 19.1. The predicted octanol–water partition coefficient (Wildman–Crippen LogP) is 4.24. The van der Waals surface area contributed by atoms with E-state index < -0.39 is 6.04 Å². The summed E-state index contributed by atoms with van der Waals surface area (Å²) in [6.45, 7) is 2.19. The molecule has 35 heavy (non-hydrogen) atoms. The summed E-state index contributed by atoms with van der Waals surface area (Å²) in [7, 11) is 1.60. The lowest BCUT2D eigenvalue weighted by Crippen LogP contribution is -2.32. The second kappa shape index (κ2) is 9.38. The summed E-state index contributed by atoms with van der Waals surface area (Å²) in [6.07, 6.45) is 1.73. The van der Waals surface area contributed by atoms with E-state index in [0.29, 0.717) is 12.2 Å². The van der Waals surface area contributed by atoms with Crippen molar-refractivity contribution >= 4 is 16.9 Å². The molecule has 0 saturated heterocycles. The van der Waals surface area contributed by atoms with E-state index in [4.69, 9.17) is 4.74 Å². The third kappa shape index (κ3) is 4.48. The van der Waals surface area contributed by atoms with Crippen LogP contribution in [0.15, 0.2) is 79.1 Å². The number of rotatable bonds is 7. The predicted molar refractivity (Wildman–Crippen MR) is 129 cm³/mol. The summed E-state index contributed by atoms with van der Waals surface area (Å²) in [5, 5.41) is 11.4. The minimum Gasteiger partial charge on any atom is -0.497 e. The topological polar surface area (TPSA) is 86.9 Å². The third-order valence-electron chi connectivity index (χ3n) is 5.91. The molecule has 0 aliphatic carbocycles. The number of hydrogen-bond acceptors (Lipinski definition) is 5. The van der Waals surface area contributed by atoms with E-state index in [1.165, 1.54) is 12.1 Å². The number of halogens is 1. The number of benzene rings is 3. The zero-order valence-corrected chi connectivity index (χ0v) is 19.2. The number of nitrogens with zero attached hydrogens (tertiary/aromatic N) is 5. The van der Waals surface area contributed by atoms with Crippen LogP contribution in [0.5, 0.6) is 5.75 Å². The molecule has 2 aromatic heterocycles. The van der Waals surface area contributed by atoms with Crippen LogP contribution in [0.1, 0.15) is 27.8 Å². The molecule has 0 aliphatic heterocycles. The maximum absolute atomic E-state index is 13.6.